The zero-order valence-electron chi connectivity index (χ0n) is 11.9. The Kier molecular flexibility index (Phi) is 4.03. The highest BCUT2D eigenvalue weighted by atomic mass is 16.5. The van der Waals surface area contributed by atoms with Gasteiger partial charge >= 0.3 is 0 Å². The Morgan fingerprint density at radius 2 is 2.30 bits per heavy atom. The average Bonchev–Trinajstić information content (AvgIpc) is 2.95. The lowest BCUT2D eigenvalue weighted by Crippen LogP contribution is -2.47. The van der Waals surface area contributed by atoms with Crippen LogP contribution in [0.15, 0.2) is 18.2 Å². The summed E-state index contributed by atoms with van der Waals surface area (Å²) in [6.45, 7) is 5.67. The SMILES string of the molecule is CCC1COCCN1CC(=O)c1ccc2c(c1)CCO2. The summed E-state index contributed by atoms with van der Waals surface area (Å²) in [4.78, 5) is 14.7. The van der Waals surface area contributed by atoms with Crippen molar-refractivity contribution in [2.45, 2.75) is 25.8 Å². The van der Waals surface area contributed by atoms with E-state index in [0.29, 0.717) is 12.6 Å². The normalized spacial score (nSPS) is 22.4. The van der Waals surface area contributed by atoms with E-state index in [1.165, 1.54) is 0 Å². The van der Waals surface area contributed by atoms with Crippen molar-refractivity contribution in [2.75, 3.05) is 32.9 Å². The van der Waals surface area contributed by atoms with Gasteiger partial charge in [-0.15, -0.1) is 0 Å². The molecule has 1 aromatic carbocycles. The molecule has 0 saturated carbocycles. The highest BCUT2D eigenvalue weighted by molar-refractivity contribution is 5.98. The van der Waals surface area contributed by atoms with Gasteiger partial charge in [0, 0.05) is 24.6 Å². The van der Waals surface area contributed by atoms with E-state index < -0.39 is 0 Å². The Labute approximate surface area is 119 Å². The van der Waals surface area contributed by atoms with Gasteiger partial charge in [-0.25, -0.2) is 0 Å². The van der Waals surface area contributed by atoms with E-state index in [-0.39, 0.29) is 5.78 Å². The lowest BCUT2D eigenvalue weighted by atomic mass is 10.0. The number of morpholine rings is 1. The summed E-state index contributed by atoms with van der Waals surface area (Å²) in [6.07, 6.45) is 1.93. The first-order chi connectivity index (χ1) is 9.78. The number of Topliss-reactive ketones (excluding diaryl/α,β-unsaturated/α-hetero) is 1. The molecule has 1 atom stereocenters. The molecule has 1 fully saturated rings. The monoisotopic (exact) mass is 275 g/mol. The van der Waals surface area contributed by atoms with Crippen LogP contribution in [0.4, 0.5) is 0 Å². The van der Waals surface area contributed by atoms with Crippen molar-refractivity contribution in [3.63, 3.8) is 0 Å². The van der Waals surface area contributed by atoms with Crippen molar-refractivity contribution in [2.24, 2.45) is 0 Å². The number of carbonyl (C=O) groups excluding carboxylic acids is 1. The predicted octanol–water partition coefficient (Wildman–Crippen LogP) is 1.92. The summed E-state index contributed by atoms with van der Waals surface area (Å²) >= 11 is 0. The number of benzene rings is 1. The second kappa shape index (κ2) is 5.94. The van der Waals surface area contributed by atoms with Gasteiger partial charge in [0.25, 0.3) is 0 Å². The lowest BCUT2D eigenvalue weighted by Gasteiger charge is -2.34. The van der Waals surface area contributed by atoms with Crippen LogP contribution in [0, 0.1) is 0 Å². The van der Waals surface area contributed by atoms with Gasteiger partial charge in [-0.05, 0) is 30.2 Å². The van der Waals surface area contributed by atoms with E-state index in [1.807, 2.05) is 18.2 Å². The van der Waals surface area contributed by atoms with Crippen LogP contribution in [0.25, 0.3) is 0 Å². The zero-order chi connectivity index (χ0) is 13.9. The molecule has 1 unspecified atom stereocenters. The summed E-state index contributed by atoms with van der Waals surface area (Å²) in [5.41, 5.74) is 1.96. The number of ketones is 1. The molecule has 1 aromatic rings. The molecule has 0 aromatic heterocycles. The van der Waals surface area contributed by atoms with E-state index in [9.17, 15) is 4.79 Å². The van der Waals surface area contributed by atoms with Crippen LogP contribution in [0.5, 0.6) is 5.75 Å². The zero-order valence-corrected chi connectivity index (χ0v) is 11.9. The lowest BCUT2D eigenvalue weighted by molar-refractivity contribution is -0.00585. The standard InChI is InChI=1S/C16H21NO3/c1-2-14-11-19-8-6-17(14)10-15(18)12-3-4-16-13(9-12)5-7-20-16/h3-4,9,14H,2,5-8,10-11H2,1H3. The minimum Gasteiger partial charge on any atom is -0.493 e. The molecule has 2 heterocycles. The molecule has 0 spiro atoms. The molecule has 0 bridgehead atoms. The topological polar surface area (TPSA) is 38.8 Å². The fourth-order valence-electron chi connectivity index (χ4n) is 2.91. The summed E-state index contributed by atoms with van der Waals surface area (Å²) in [7, 11) is 0. The van der Waals surface area contributed by atoms with E-state index in [4.69, 9.17) is 9.47 Å². The third-order valence-electron chi connectivity index (χ3n) is 4.18. The van der Waals surface area contributed by atoms with E-state index >= 15 is 0 Å². The minimum atomic E-state index is 0.194. The van der Waals surface area contributed by atoms with Gasteiger partial charge in [-0.1, -0.05) is 6.92 Å². The summed E-state index contributed by atoms with van der Waals surface area (Å²) in [6, 6.07) is 6.16. The third kappa shape index (κ3) is 2.72. The number of ether oxygens (including phenoxy) is 2. The number of rotatable bonds is 4. The Bertz CT molecular complexity index is 500. The van der Waals surface area contributed by atoms with Crippen LogP contribution >= 0.6 is 0 Å². The minimum absolute atomic E-state index is 0.194. The second-order valence-electron chi connectivity index (χ2n) is 5.45. The van der Waals surface area contributed by atoms with Gasteiger partial charge in [-0.3, -0.25) is 9.69 Å². The molecule has 0 N–H and O–H groups in total. The van der Waals surface area contributed by atoms with Gasteiger partial charge in [0.05, 0.1) is 26.4 Å². The summed E-state index contributed by atoms with van der Waals surface area (Å²) in [5, 5.41) is 0. The first-order valence-corrected chi connectivity index (χ1v) is 7.38. The van der Waals surface area contributed by atoms with Crippen molar-refractivity contribution < 1.29 is 14.3 Å². The molecule has 108 valence electrons. The van der Waals surface area contributed by atoms with Gasteiger partial charge in [0.1, 0.15) is 5.75 Å². The fourth-order valence-corrected chi connectivity index (χ4v) is 2.91. The number of carbonyl (C=O) groups is 1. The average molecular weight is 275 g/mol. The van der Waals surface area contributed by atoms with Crippen LogP contribution in [0.2, 0.25) is 0 Å². The molecule has 1 saturated heterocycles. The largest absolute Gasteiger partial charge is 0.493 e. The van der Waals surface area contributed by atoms with Crippen LogP contribution in [0.1, 0.15) is 29.3 Å². The van der Waals surface area contributed by atoms with Crippen molar-refractivity contribution in [1.29, 1.82) is 0 Å². The Hall–Kier alpha value is -1.39. The van der Waals surface area contributed by atoms with Crippen LogP contribution in [0.3, 0.4) is 0 Å². The third-order valence-corrected chi connectivity index (χ3v) is 4.18. The van der Waals surface area contributed by atoms with Gasteiger partial charge in [-0.2, -0.15) is 0 Å². The van der Waals surface area contributed by atoms with E-state index in [1.54, 1.807) is 0 Å². The summed E-state index contributed by atoms with van der Waals surface area (Å²) in [5.74, 6) is 1.12. The maximum absolute atomic E-state index is 12.5. The molecule has 20 heavy (non-hydrogen) atoms. The van der Waals surface area contributed by atoms with Crippen molar-refractivity contribution in [1.82, 2.24) is 4.90 Å². The van der Waals surface area contributed by atoms with Gasteiger partial charge in [0.2, 0.25) is 0 Å². The first kappa shape index (κ1) is 13.6. The molecule has 3 rings (SSSR count). The molecule has 2 aliphatic heterocycles. The fraction of sp³-hybridized carbons (Fsp3) is 0.562. The quantitative estimate of drug-likeness (QED) is 0.787. The number of fused-ring (bicyclic) bond motifs is 1. The molecule has 4 heteroatoms. The van der Waals surface area contributed by atoms with Crippen molar-refractivity contribution >= 4 is 5.78 Å². The molecule has 0 radical (unpaired) electrons. The van der Waals surface area contributed by atoms with Gasteiger partial charge < -0.3 is 9.47 Å². The van der Waals surface area contributed by atoms with E-state index in [2.05, 4.69) is 11.8 Å². The Morgan fingerprint density at radius 1 is 1.40 bits per heavy atom. The summed E-state index contributed by atoms with van der Waals surface area (Å²) < 4.78 is 11.0. The molecule has 2 aliphatic rings. The predicted molar refractivity (Wildman–Crippen MR) is 76.4 cm³/mol. The second-order valence-corrected chi connectivity index (χ2v) is 5.45. The van der Waals surface area contributed by atoms with Crippen LogP contribution < -0.4 is 4.74 Å². The smallest absolute Gasteiger partial charge is 0.176 e. The molecule has 0 amide bonds. The first-order valence-electron chi connectivity index (χ1n) is 7.38. The molecule has 0 aliphatic carbocycles. The molecular formula is C16H21NO3. The van der Waals surface area contributed by atoms with Gasteiger partial charge in [0.15, 0.2) is 5.78 Å². The van der Waals surface area contributed by atoms with Crippen molar-refractivity contribution in [3.05, 3.63) is 29.3 Å². The highest BCUT2D eigenvalue weighted by Crippen LogP contribution is 2.26. The highest BCUT2D eigenvalue weighted by Gasteiger charge is 2.24. The van der Waals surface area contributed by atoms with Crippen molar-refractivity contribution in [3.8, 4) is 5.75 Å². The van der Waals surface area contributed by atoms with Crippen LogP contribution in [-0.4, -0.2) is 49.6 Å². The van der Waals surface area contributed by atoms with E-state index in [0.717, 1.165) is 56.1 Å². The molecule has 4 nitrogen and oxygen atoms in total. The van der Waals surface area contributed by atoms with Crippen LogP contribution in [-0.2, 0) is 11.2 Å². The maximum Gasteiger partial charge on any atom is 0.176 e. The number of hydrogen-bond donors (Lipinski definition) is 0. The Balaban J connectivity index is 1.69. The maximum atomic E-state index is 12.5. The molecular weight excluding hydrogens is 254 g/mol. The number of hydrogen-bond acceptors (Lipinski definition) is 4. The Morgan fingerprint density at radius 3 is 3.15 bits per heavy atom. The number of nitrogens with zero attached hydrogens (tertiary/aromatic N) is 1.